The molecule has 0 N–H and O–H groups in total. The average Bonchev–Trinajstić information content (AvgIpc) is 2.95. The quantitative estimate of drug-likeness (QED) is 0.208. The Morgan fingerprint density at radius 2 is 1.23 bits per heavy atom. The van der Waals surface area contributed by atoms with Crippen LogP contribution in [0.25, 0.3) is 0 Å². The number of rotatable bonds is 14. The smallest absolute Gasteiger partial charge is 0.291 e. The van der Waals surface area contributed by atoms with Crippen molar-refractivity contribution < 1.29 is 37.4 Å². The fraction of sp³-hybridized carbons (Fsp3) is 0.379. The Kier molecular flexibility index (Phi) is 10.9. The maximum atomic E-state index is 13.0. The number of alkyl halides is 2. The van der Waals surface area contributed by atoms with E-state index in [1.54, 1.807) is 0 Å². The lowest BCUT2D eigenvalue weighted by Crippen LogP contribution is -2.63. The Bertz CT molecular complexity index is 1120. The zero-order chi connectivity index (χ0) is 27.5. The van der Waals surface area contributed by atoms with Gasteiger partial charge in [0.2, 0.25) is 6.29 Å². The van der Waals surface area contributed by atoms with E-state index in [1.807, 2.05) is 91.0 Å². The van der Waals surface area contributed by atoms with E-state index in [0.717, 1.165) is 16.7 Å². The molecule has 1 aliphatic heterocycles. The van der Waals surface area contributed by atoms with E-state index >= 15 is 0 Å². The van der Waals surface area contributed by atoms with Crippen LogP contribution >= 0.6 is 0 Å². The van der Waals surface area contributed by atoms with Gasteiger partial charge in [0.15, 0.2) is 6.10 Å². The lowest BCUT2D eigenvalue weighted by atomic mass is 9.96. The van der Waals surface area contributed by atoms with Crippen LogP contribution in [0.5, 0.6) is 0 Å². The number of benzene rings is 3. The molecule has 0 bridgehead atoms. The van der Waals surface area contributed by atoms with E-state index in [9.17, 15) is 18.9 Å². The highest BCUT2D eigenvalue weighted by molar-refractivity contribution is 5.15. The minimum Gasteiger partial charge on any atom is -0.374 e. The van der Waals surface area contributed by atoms with E-state index < -0.39 is 48.6 Å². The molecule has 1 unspecified atom stereocenters. The van der Waals surface area contributed by atoms with E-state index in [0.29, 0.717) is 0 Å². The maximum absolute atomic E-state index is 13.0. The summed E-state index contributed by atoms with van der Waals surface area (Å²) >= 11 is 0. The van der Waals surface area contributed by atoms with Crippen LogP contribution in [-0.4, -0.2) is 55.2 Å². The molecule has 0 saturated carbocycles. The monoisotopic (exact) mass is 543 g/mol. The standard InChI is InChI=1S/C29H31F2NO7/c30-25(31)20-38-29-26(32(33)34)28(37-18-23-14-8-3-9-15-23)27(36-17-22-12-6-2-7-13-22)24(39-29)19-35-16-21-10-4-1-5-11-21/h1-15,24-29H,16-20H2/t24-,26-,27+,28-,29?/m1/s1. The predicted molar refractivity (Wildman–Crippen MR) is 138 cm³/mol. The van der Waals surface area contributed by atoms with Crippen LogP contribution in [0.15, 0.2) is 91.0 Å². The van der Waals surface area contributed by atoms with Gasteiger partial charge < -0.3 is 23.7 Å². The third-order valence-electron chi connectivity index (χ3n) is 6.21. The minimum absolute atomic E-state index is 0.0292. The van der Waals surface area contributed by atoms with Crippen LogP contribution in [0.3, 0.4) is 0 Å². The summed E-state index contributed by atoms with van der Waals surface area (Å²) in [5.74, 6) is 0. The first-order chi connectivity index (χ1) is 19.0. The van der Waals surface area contributed by atoms with Gasteiger partial charge in [0.1, 0.15) is 18.8 Å². The molecule has 0 amide bonds. The summed E-state index contributed by atoms with van der Waals surface area (Å²) in [6.45, 7) is -0.628. The van der Waals surface area contributed by atoms with E-state index in [-0.39, 0.29) is 26.4 Å². The number of hydrogen-bond acceptors (Lipinski definition) is 7. The minimum atomic E-state index is -2.83. The second kappa shape index (κ2) is 14.8. The molecule has 8 nitrogen and oxygen atoms in total. The topological polar surface area (TPSA) is 89.3 Å². The maximum Gasteiger partial charge on any atom is 0.291 e. The molecule has 1 heterocycles. The highest BCUT2D eigenvalue weighted by atomic mass is 19.3. The summed E-state index contributed by atoms with van der Waals surface area (Å²) < 4.78 is 55.4. The van der Waals surface area contributed by atoms with Gasteiger partial charge in [0, 0.05) is 4.92 Å². The number of ether oxygens (including phenoxy) is 5. The number of nitrogens with zero attached hydrogens (tertiary/aromatic N) is 1. The molecule has 5 atom stereocenters. The lowest BCUT2D eigenvalue weighted by molar-refractivity contribution is -0.577. The van der Waals surface area contributed by atoms with Crippen molar-refractivity contribution in [3.05, 3.63) is 118 Å². The van der Waals surface area contributed by atoms with Crippen molar-refractivity contribution in [2.45, 2.75) is 56.9 Å². The second-order valence-corrected chi connectivity index (χ2v) is 9.07. The average molecular weight is 544 g/mol. The molecule has 1 saturated heterocycles. The van der Waals surface area contributed by atoms with Crippen molar-refractivity contribution in [2.24, 2.45) is 0 Å². The third-order valence-corrected chi connectivity index (χ3v) is 6.21. The van der Waals surface area contributed by atoms with Crippen molar-refractivity contribution in [1.29, 1.82) is 0 Å². The van der Waals surface area contributed by atoms with Crippen molar-refractivity contribution >= 4 is 0 Å². The van der Waals surface area contributed by atoms with Crippen LogP contribution in [0.2, 0.25) is 0 Å². The Morgan fingerprint density at radius 1 is 0.744 bits per heavy atom. The normalized spacial score (nSPS) is 23.1. The van der Waals surface area contributed by atoms with Crippen LogP contribution in [0.1, 0.15) is 16.7 Å². The Labute approximate surface area is 225 Å². The van der Waals surface area contributed by atoms with Crippen molar-refractivity contribution in [3.8, 4) is 0 Å². The Morgan fingerprint density at radius 3 is 1.72 bits per heavy atom. The van der Waals surface area contributed by atoms with Crippen LogP contribution in [-0.2, 0) is 43.5 Å². The zero-order valence-corrected chi connectivity index (χ0v) is 21.2. The van der Waals surface area contributed by atoms with Crippen molar-refractivity contribution in [1.82, 2.24) is 0 Å². The summed E-state index contributed by atoms with van der Waals surface area (Å²) in [6, 6.07) is 26.3. The molecule has 0 aromatic heterocycles. The summed E-state index contributed by atoms with van der Waals surface area (Å²) in [5.41, 5.74) is 2.55. The van der Waals surface area contributed by atoms with E-state index in [2.05, 4.69) is 0 Å². The van der Waals surface area contributed by atoms with Gasteiger partial charge in [-0.15, -0.1) is 0 Å². The first kappa shape index (κ1) is 28.7. The molecule has 4 rings (SSSR count). The highest BCUT2D eigenvalue weighted by Gasteiger charge is 2.55. The van der Waals surface area contributed by atoms with Gasteiger partial charge in [-0.25, -0.2) is 8.78 Å². The molecular weight excluding hydrogens is 512 g/mol. The first-order valence-electron chi connectivity index (χ1n) is 12.6. The molecule has 0 radical (unpaired) electrons. The zero-order valence-electron chi connectivity index (χ0n) is 21.2. The SMILES string of the molecule is O=[N+]([O-])[C@H]1C(OCC(F)F)O[C@H](COCc2ccccc2)[C@H](OCc2ccccc2)[C@@H]1OCc1ccccc1. The van der Waals surface area contributed by atoms with Gasteiger partial charge in [-0.2, -0.15) is 0 Å². The van der Waals surface area contributed by atoms with Gasteiger partial charge in [0.25, 0.3) is 12.5 Å². The molecule has 3 aromatic carbocycles. The molecule has 10 heteroatoms. The largest absolute Gasteiger partial charge is 0.374 e. The molecule has 3 aromatic rings. The molecule has 1 aliphatic rings. The third kappa shape index (κ3) is 8.61. The first-order valence-corrected chi connectivity index (χ1v) is 12.6. The van der Waals surface area contributed by atoms with Crippen LogP contribution in [0, 0.1) is 10.1 Å². The van der Waals surface area contributed by atoms with Gasteiger partial charge in [0.05, 0.1) is 26.4 Å². The van der Waals surface area contributed by atoms with Crippen LogP contribution < -0.4 is 0 Å². The Hall–Kier alpha value is -3.28. The number of halogens is 2. The molecule has 0 spiro atoms. The second-order valence-electron chi connectivity index (χ2n) is 9.07. The van der Waals surface area contributed by atoms with Crippen molar-refractivity contribution in [3.63, 3.8) is 0 Å². The van der Waals surface area contributed by atoms with Gasteiger partial charge in [-0.1, -0.05) is 91.0 Å². The summed E-state index contributed by atoms with van der Waals surface area (Å²) in [7, 11) is 0. The fourth-order valence-corrected chi connectivity index (χ4v) is 4.35. The number of hydrogen-bond donors (Lipinski definition) is 0. The fourth-order valence-electron chi connectivity index (χ4n) is 4.35. The predicted octanol–water partition coefficient (Wildman–Crippen LogP) is 5.03. The summed E-state index contributed by atoms with van der Waals surface area (Å²) in [5, 5.41) is 12.2. The van der Waals surface area contributed by atoms with Crippen LogP contribution in [0.4, 0.5) is 8.78 Å². The summed E-state index contributed by atoms with van der Waals surface area (Å²) in [4.78, 5) is 11.6. The lowest BCUT2D eigenvalue weighted by Gasteiger charge is -2.42. The van der Waals surface area contributed by atoms with Crippen molar-refractivity contribution in [2.75, 3.05) is 13.2 Å². The highest BCUT2D eigenvalue weighted by Crippen LogP contribution is 2.31. The molecule has 39 heavy (non-hydrogen) atoms. The Balaban J connectivity index is 1.59. The van der Waals surface area contributed by atoms with Gasteiger partial charge in [-0.3, -0.25) is 10.1 Å². The van der Waals surface area contributed by atoms with Gasteiger partial charge >= 0.3 is 0 Å². The molecule has 208 valence electrons. The van der Waals surface area contributed by atoms with Gasteiger partial charge in [-0.05, 0) is 16.7 Å². The molecule has 1 fully saturated rings. The molecular formula is C29H31F2NO7. The van der Waals surface area contributed by atoms with E-state index in [4.69, 9.17) is 23.7 Å². The molecule has 0 aliphatic carbocycles. The summed E-state index contributed by atoms with van der Waals surface area (Å²) in [6.07, 6.45) is -7.43. The number of nitro groups is 1. The van der Waals surface area contributed by atoms with E-state index in [1.165, 1.54) is 0 Å².